The molecule has 3 heterocycles. The zero-order chi connectivity index (χ0) is 19.7. The van der Waals surface area contributed by atoms with Crippen molar-refractivity contribution in [2.24, 2.45) is 0 Å². The summed E-state index contributed by atoms with van der Waals surface area (Å²) in [7, 11) is 0. The summed E-state index contributed by atoms with van der Waals surface area (Å²) < 4.78 is 7.76. The molecule has 1 atom stereocenters. The van der Waals surface area contributed by atoms with Crippen LogP contribution in [-0.4, -0.2) is 20.9 Å². The van der Waals surface area contributed by atoms with E-state index >= 15 is 0 Å². The van der Waals surface area contributed by atoms with Gasteiger partial charge in [-0.05, 0) is 31.0 Å². The molecule has 7 heteroatoms. The fraction of sp³-hybridized carbons (Fsp3) is 0.381. The van der Waals surface area contributed by atoms with Crippen molar-refractivity contribution < 1.29 is 4.74 Å². The lowest BCUT2D eigenvalue weighted by molar-refractivity contribution is -0.0543. The van der Waals surface area contributed by atoms with E-state index in [1.54, 1.807) is 15.9 Å². The number of hydrogen-bond acceptors (Lipinski definition) is 6. The number of aromatic nitrogens is 2. The Morgan fingerprint density at radius 1 is 1.39 bits per heavy atom. The van der Waals surface area contributed by atoms with E-state index < -0.39 is 0 Å². The third-order valence-electron chi connectivity index (χ3n) is 5.19. The molecule has 0 bridgehead atoms. The van der Waals surface area contributed by atoms with Gasteiger partial charge in [0, 0.05) is 23.5 Å². The Morgan fingerprint density at radius 2 is 2.18 bits per heavy atom. The maximum atomic E-state index is 13.6. The van der Waals surface area contributed by atoms with E-state index in [-0.39, 0.29) is 11.2 Å². The predicted molar refractivity (Wildman–Crippen MR) is 113 cm³/mol. The van der Waals surface area contributed by atoms with Crippen LogP contribution in [0.4, 0.5) is 0 Å². The molecule has 1 aromatic carbocycles. The van der Waals surface area contributed by atoms with Gasteiger partial charge in [-0.15, -0.1) is 11.3 Å². The lowest BCUT2D eigenvalue weighted by Crippen LogP contribution is -2.34. The predicted octanol–water partition coefficient (Wildman–Crippen LogP) is 4.69. The van der Waals surface area contributed by atoms with Crippen molar-refractivity contribution in [3.63, 3.8) is 0 Å². The summed E-state index contributed by atoms with van der Waals surface area (Å²) in [5.74, 6) is 0.601. The molecule has 1 aliphatic rings. The van der Waals surface area contributed by atoms with Crippen LogP contribution in [0.3, 0.4) is 0 Å². The Kier molecular flexibility index (Phi) is 5.28. The minimum absolute atomic E-state index is 0.0338. The molecule has 2 aromatic heterocycles. The minimum atomic E-state index is -0.245. The molecule has 0 saturated heterocycles. The van der Waals surface area contributed by atoms with E-state index in [1.807, 2.05) is 30.3 Å². The molecule has 0 fully saturated rings. The molecule has 0 amide bonds. The van der Waals surface area contributed by atoms with E-state index in [2.05, 4.69) is 19.9 Å². The van der Waals surface area contributed by atoms with E-state index in [4.69, 9.17) is 15.0 Å². The Hall–Kier alpha value is -2.14. The van der Waals surface area contributed by atoms with Crippen molar-refractivity contribution in [1.82, 2.24) is 9.55 Å². The number of hydrogen-bond donors (Lipinski definition) is 0. The molecule has 144 valence electrons. The molecule has 0 saturated carbocycles. The maximum absolute atomic E-state index is 13.6. The molecular weight excluding hydrogens is 390 g/mol. The number of nitriles is 1. The largest absolute Gasteiger partial charge is 0.369 e. The van der Waals surface area contributed by atoms with Gasteiger partial charge in [0.25, 0.3) is 5.56 Å². The summed E-state index contributed by atoms with van der Waals surface area (Å²) in [4.78, 5) is 20.3. The van der Waals surface area contributed by atoms with Crippen LogP contribution in [0.5, 0.6) is 0 Å². The molecule has 4 rings (SSSR count). The topological polar surface area (TPSA) is 67.9 Å². The average molecular weight is 412 g/mol. The van der Waals surface area contributed by atoms with Crippen molar-refractivity contribution >= 4 is 33.3 Å². The van der Waals surface area contributed by atoms with Gasteiger partial charge in [0.2, 0.25) is 0 Å². The van der Waals surface area contributed by atoms with E-state index in [0.717, 1.165) is 39.2 Å². The molecule has 0 aliphatic carbocycles. The molecule has 0 N–H and O–H groups in total. The van der Waals surface area contributed by atoms with Gasteiger partial charge >= 0.3 is 0 Å². The number of nitrogens with zero attached hydrogens (tertiary/aromatic N) is 3. The molecular formula is C21H21N3O2S2. The number of benzene rings is 1. The summed E-state index contributed by atoms with van der Waals surface area (Å²) in [5, 5.41) is 10.2. The Labute approximate surface area is 172 Å². The highest BCUT2D eigenvalue weighted by Gasteiger charge is 2.33. The van der Waals surface area contributed by atoms with Gasteiger partial charge < -0.3 is 4.74 Å². The SMILES string of the molecule is CC[C@@]1(C)Cc2c(sc3nc(SCCC#N)n(-c4ccccc4)c(=O)c23)CO1. The van der Waals surface area contributed by atoms with Gasteiger partial charge in [-0.25, -0.2) is 4.98 Å². The number of ether oxygens (including phenoxy) is 1. The summed E-state index contributed by atoms with van der Waals surface area (Å²) in [6, 6.07) is 11.8. The third kappa shape index (κ3) is 3.37. The first kappa shape index (κ1) is 19.2. The summed E-state index contributed by atoms with van der Waals surface area (Å²) in [5.41, 5.74) is 1.61. The van der Waals surface area contributed by atoms with Gasteiger partial charge in [-0.2, -0.15) is 5.26 Å². The van der Waals surface area contributed by atoms with Gasteiger partial charge in [-0.3, -0.25) is 9.36 Å². The second kappa shape index (κ2) is 7.70. The van der Waals surface area contributed by atoms with Crippen molar-refractivity contribution in [2.45, 2.75) is 50.5 Å². The second-order valence-corrected chi connectivity index (χ2v) is 9.23. The van der Waals surface area contributed by atoms with E-state index in [9.17, 15) is 4.79 Å². The van der Waals surface area contributed by atoms with E-state index in [0.29, 0.717) is 23.9 Å². The molecule has 0 radical (unpaired) electrons. The third-order valence-corrected chi connectivity index (χ3v) is 7.23. The minimum Gasteiger partial charge on any atom is -0.369 e. The molecule has 28 heavy (non-hydrogen) atoms. The Balaban J connectivity index is 1.93. The number of rotatable bonds is 5. The van der Waals surface area contributed by atoms with Crippen LogP contribution in [0.15, 0.2) is 40.3 Å². The van der Waals surface area contributed by atoms with E-state index in [1.165, 1.54) is 11.8 Å². The first-order valence-corrected chi connectivity index (χ1v) is 11.1. The van der Waals surface area contributed by atoms with Crippen molar-refractivity contribution in [3.05, 3.63) is 51.1 Å². The van der Waals surface area contributed by atoms with Crippen molar-refractivity contribution in [3.8, 4) is 11.8 Å². The van der Waals surface area contributed by atoms with Crippen LogP contribution in [0.1, 0.15) is 37.1 Å². The van der Waals surface area contributed by atoms with Crippen LogP contribution in [-0.2, 0) is 17.8 Å². The molecule has 0 spiro atoms. The Bertz CT molecular complexity index is 1110. The second-order valence-electron chi connectivity index (χ2n) is 7.08. The fourth-order valence-corrected chi connectivity index (χ4v) is 5.42. The highest BCUT2D eigenvalue weighted by Crippen LogP contribution is 2.39. The Morgan fingerprint density at radius 3 is 2.89 bits per heavy atom. The highest BCUT2D eigenvalue weighted by molar-refractivity contribution is 7.99. The smallest absolute Gasteiger partial charge is 0.267 e. The lowest BCUT2D eigenvalue weighted by Gasteiger charge is -2.32. The first-order valence-electron chi connectivity index (χ1n) is 9.33. The number of thiophene rings is 1. The standard InChI is InChI=1S/C21H21N3O2S2/c1-3-21(2)12-15-16(13-26-21)28-18-17(15)19(25)24(14-8-5-4-6-9-14)20(23-18)27-11-7-10-22/h4-6,8-9H,3,7,11-13H2,1-2H3/t21-/m0/s1. The summed E-state index contributed by atoms with van der Waals surface area (Å²) >= 11 is 3.01. The summed E-state index contributed by atoms with van der Waals surface area (Å²) in [6.07, 6.45) is 2.04. The first-order chi connectivity index (χ1) is 13.6. The van der Waals surface area contributed by atoms with Gasteiger partial charge in [-0.1, -0.05) is 36.9 Å². The van der Waals surface area contributed by atoms with Crippen LogP contribution in [0.25, 0.3) is 15.9 Å². The highest BCUT2D eigenvalue weighted by atomic mass is 32.2. The van der Waals surface area contributed by atoms with Gasteiger partial charge in [0.05, 0.1) is 29.4 Å². The zero-order valence-corrected chi connectivity index (χ0v) is 17.5. The fourth-order valence-electron chi connectivity index (χ4n) is 3.42. The monoisotopic (exact) mass is 411 g/mol. The van der Waals surface area contributed by atoms with Crippen molar-refractivity contribution in [2.75, 3.05) is 5.75 Å². The average Bonchev–Trinajstić information content (AvgIpc) is 3.06. The summed E-state index contributed by atoms with van der Waals surface area (Å²) in [6.45, 7) is 4.75. The zero-order valence-electron chi connectivity index (χ0n) is 15.9. The molecule has 5 nitrogen and oxygen atoms in total. The normalized spacial score (nSPS) is 18.8. The van der Waals surface area contributed by atoms with Crippen molar-refractivity contribution in [1.29, 1.82) is 5.26 Å². The molecule has 0 unspecified atom stereocenters. The van der Waals surface area contributed by atoms with Crippen LogP contribution in [0.2, 0.25) is 0 Å². The quantitative estimate of drug-likeness (QED) is 0.346. The molecule has 1 aliphatic heterocycles. The number of fused-ring (bicyclic) bond motifs is 3. The maximum Gasteiger partial charge on any atom is 0.267 e. The van der Waals surface area contributed by atoms with Crippen LogP contribution in [0, 0.1) is 11.3 Å². The van der Waals surface area contributed by atoms with Crippen LogP contribution >= 0.6 is 23.1 Å². The van der Waals surface area contributed by atoms with Gasteiger partial charge in [0.15, 0.2) is 5.16 Å². The van der Waals surface area contributed by atoms with Crippen LogP contribution < -0.4 is 5.56 Å². The number of thioether (sulfide) groups is 1. The lowest BCUT2D eigenvalue weighted by atomic mass is 9.90. The molecule has 3 aromatic rings. The number of para-hydroxylation sites is 1. The van der Waals surface area contributed by atoms with Gasteiger partial charge in [0.1, 0.15) is 4.83 Å².